The van der Waals surface area contributed by atoms with Gasteiger partial charge in [0.15, 0.2) is 9.84 Å². The van der Waals surface area contributed by atoms with Crippen LogP contribution in [0.1, 0.15) is 17.7 Å². The highest BCUT2D eigenvalue weighted by Gasteiger charge is 2.44. The summed E-state index contributed by atoms with van der Waals surface area (Å²) >= 11 is 0. The highest BCUT2D eigenvalue weighted by molar-refractivity contribution is 7.90. The third kappa shape index (κ3) is 5.19. The van der Waals surface area contributed by atoms with E-state index >= 15 is 0 Å². The van der Waals surface area contributed by atoms with Gasteiger partial charge in [-0.3, -0.25) is 14.6 Å². The second-order valence-electron chi connectivity index (χ2n) is 10.7. The van der Waals surface area contributed by atoms with Crippen LogP contribution in [0.5, 0.6) is 0 Å². The van der Waals surface area contributed by atoms with E-state index in [0.717, 1.165) is 59.7 Å². The number of allylic oxidation sites excluding steroid dienone is 1. The van der Waals surface area contributed by atoms with Crippen LogP contribution in [-0.2, 0) is 23.4 Å². The summed E-state index contributed by atoms with van der Waals surface area (Å²) in [5.41, 5.74) is 11.0. The molecule has 3 fully saturated rings. The van der Waals surface area contributed by atoms with E-state index < -0.39 is 9.84 Å². The molecule has 2 bridgehead atoms. The Morgan fingerprint density at radius 3 is 2.49 bits per heavy atom. The van der Waals surface area contributed by atoms with Gasteiger partial charge in [0.1, 0.15) is 11.9 Å². The molecule has 3 aliphatic heterocycles. The van der Waals surface area contributed by atoms with Crippen LogP contribution in [0, 0.1) is 11.3 Å². The maximum Gasteiger partial charge on any atom is 0.175 e. The maximum atomic E-state index is 12.0. The molecule has 7 rings (SSSR count). The van der Waals surface area contributed by atoms with Crippen molar-refractivity contribution in [2.24, 2.45) is 12.8 Å². The number of nitrogens with two attached hydrogens (primary N) is 1. The number of aromatic nitrogens is 4. The van der Waals surface area contributed by atoms with E-state index in [4.69, 9.17) is 10.7 Å². The molecule has 0 radical (unpaired) electrons. The SMILES string of the molecule is Cn1cc(-c2cnc(C(C#N)=CN)c(-c3ccc(N4CC5CC(C4)N5Cc4cccc(S(C)(=O)=O)c4)nc3)c2)cn1. The van der Waals surface area contributed by atoms with Crippen LogP contribution >= 0.6 is 0 Å². The second kappa shape index (κ2) is 10.5. The van der Waals surface area contributed by atoms with Gasteiger partial charge in [-0.15, -0.1) is 0 Å². The van der Waals surface area contributed by atoms with Gasteiger partial charge in [0.2, 0.25) is 0 Å². The van der Waals surface area contributed by atoms with Crippen LogP contribution in [0.4, 0.5) is 5.82 Å². The van der Waals surface area contributed by atoms with Crippen LogP contribution in [0.15, 0.2) is 78.3 Å². The number of sulfone groups is 1. The third-order valence-electron chi connectivity index (χ3n) is 7.89. The molecule has 0 amide bonds. The number of hydrogen-bond donors (Lipinski definition) is 1. The smallest absolute Gasteiger partial charge is 0.175 e. The Kier molecular flexibility index (Phi) is 6.81. The lowest BCUT2D eigenvalue weighted by molar-refractivity contribution is -0.00872. The van der Waals surface area contributed by atoms with Gasteiger partial charge in [-0.2, -0.15) is 10.4 Å². The minimum absolute atomic E-state index is 0.292. The zero-order valence-electron chi connectivity index (χ0n) is 22.8. The number of piperazine rings is 1. The number of hydrogen-bond acceptors (Lipinski definition) is 9. The zero-order chi connectivity index (χ0) is 28.7. The van der Waals surface area contributed by atoms with E-state index in [-0.39, 0.29) is 0 Å². The zero-order valence-corrected chi connectivity index (χ0v) is 23.7. The highest BCUT2D eigenvalue weighted by atomic mass is 32.2. The average molecular weight is 567 g/mol. The minimum Gasteiger partial charge on any atom is -0.403 e. The summed E-state index contributed by atoms with van der Waals surface area (Å²) in [6, 6.07) is 16.2. The Balaban J connectivity index is 1.21. The lowest BCUT2D eigenvalue weighted by Gasteiger charge is -2.56. The molecule has 1 aromatic carbocycles. The van der Waals surface area contributed by atoms with E-state index in [2.05, 4.69) is 26.0 Å². The van der Waals surface area contributed by atoms with Crippen LogP contribution < -0.4 is 10.6 Å². The first-order valence-corrected chi connectivity index (χ1v) is 15.2. The Hall–Kier alpha value is -4.53. The number of benzene rings is 1. The Bertz CT molecular complexity index is 1780. The molecule has 0 aliphatic carbocycles. The first-order chi connectivity index (χ1) is 19.7. The van der Waals surface area contributed by atoms with Crippen molar-refractivity contribution in [2.75, 3.05) is 24.2 Å². The molecule has 0 saturated carbocycles. The van der Waals surface area contributed by atoms with Crippen molar-refractivity contribution in [1.82, 2.24) is 24.6 Å². The first-order valence-electron chi connectivity index (χ1n) is 13.3. The van der Waals surface area contributed by atoms with Crippen LogP contribution in [0.25, 0.3) is 27.8 Å². The van der Waals surface area contributed by atoms with Gasteiger partial charge in [0, 0.05) is 92.1 Å². The van der Waals surface area contributed by atoms with E-state index in [1.165, 1.54) is 12.5 Å². The Morgan fingerprint density at radius 2 is 1.85 bits per heavy atom. The minimum atomic E-state index is -3.23. The maximum absolute atomic E-state index is 12.0. The molecule has 2 unspecified atom stereocenters. The van der Waals surface area contributed by atoms with Crippen molar-refractivity contribution in [3.05, 3.63) is 84.7 Å². The molecule has 4 aromatic rings. The van der Waals surface area contributed by atoms with Crippen molar-refractivity contribution >= 4 is 21.2 Å². The van der Waals surface area contributed by atoms with Crippen molar-refractivity contribution in [3.63, 3.8) is 0 Å². The van der Waals surface area contributed by atoms with Crippen LogP contribution in [0.3, 0.4) is 0 Å². The number of piperidine rings is 1. The number of anilines is 1. The van der Waals surface area contributed by atoms with E-state index in [0.29, 0.717) is 28.2 Å². The lowest BCUT2D eigenvalue weighted by Crippen LogP contribution is -2.68. The molecule has 2 N–H and O–H groups in total. The quantitative estimate of drug-likeness (QED) is 0.335. The van der Waals surface area contributed by atoms with Crippen molar-refractivity contribution in [1.29, 1.82) is 5.26 Å². The normalized spacial score (nSPS) is 19.0. The summed E-state index contributed by atoms with van der Waals surface area (Å²) in [5.74, 6) is 0.898. The van der Waals surface area contributed by atoms with Crippen molar-refractivity contribution < 1.29 is 8.42 Å². The fourth-order valence-electron chi connectivity index (χ4n) is 5.75. The number of rotatable bonds is 7. The van der Waals surface area contributed by atoms with Gasteiger partial charge in [0.05, 0.1) is 22.4 Å². The molecular weight excluding hydrogens is 536 g/mol. The fraction of sp³-hybridized carbons (Fsp3) is 0.267. The molecule has 11 heteroatoms. The molecule has 10 nitrogen and oxygen atoms in total. The van der Waals surface area contributed by atoms with Gasteiger partial charge in [-0.25, -0.2) is 13.4 Å². The van der Waals surface area contributed by atoms with Crippen LogP contribution in [0.2, 0.25) is 0 Å². The van der Waals surface area contributed by atoms with Gasteiger partial charge < -0.3 is 10.6 Å². The predicted octanol–water partition coefficient (Wildman–Crippen LogP) is 3.23. The van der Waals surface area contributed by atoms with Crippen molar-refractivity contribution in [3.8, 4) is 28.3 Å². The number of nitriles is 1. The number of pyridine rings is 2. The average Bonchev–Trinajstić information content (AvgIpc) is 3.42. The summed E-state index contributed by atoms with van der Waals surface area (Å²) in [5, 5.41) is 13.9. The van der Waals surface area contributed by atoms with Crippen molar-refractivity contribution in [2.45, 2.75) is 29.9 Å². The summed E-state index contributed by atoms with van der Waals surface area (Å²) in [4.78, 5) is 14.5. The Labute approximate surface area is 239 Å². The predicted molar refractivity (Wildman–Crippen MR) is 157 cm³/mol. The topological polar surface area (TPSA) is 134 Å². The Morgan fingerprint density at radius 1 is 1.07 bits per heavy atom. The largest absolute Gasteiger partial charge is 0.403 e. The monoisotopic (exact) mass is 566 g/mol. The molecule has 208 valence electrons. The lowest BCUT2D eigenvalue weighted by atomic mass is 9.86. The molecule has 3 aromatic heterocycles. The van der Waals surface area contributed by atoms with E-state index in [1.54, 1.807) is 29.2 Å². The number of aryl methyl sites for hydroxylation is 1. The van der Waals surface area contributed by atoms with Gasteiger partial charge >= 0.3 is 0 Å². The summed E-state index contributed by atoms with van der Waals surface area (Å²) in [6.45, 7) is 2.44. The van der Waals surface area contributed by atoms with Gasteiger partial charge in [0.25, 0.3) is 0 Å². The summed E-state index contributed by atoms with van der Waals surface area (Å²) in [7, 11) is -1.37. The van der Waals surface area contributed by atoms with Gasteiger partial charge in [-0.05, 0) is 42.3 Å². The van der Waals surface area contributed by atoms with Crippen LogP contribution in [-0.4, -0.2) is 64.5 Å². The third-order valence-corrected chi connectivity index (χ3v) is 9.00. The molecule has 2 atom stereocenters. The number of fused-ring (bicyclic) bond motifs is 2. The van der Waals surface area contributed by atoms with E-state index in [9.17, 15) is 13.7 Å². The highest BCUT2D eigenvalue weighted by Crippen LogP contribution is 2.37. The second-order valence-corrected chi connectivity index (χ2v) is 12.7. The van der Waals surface area contributed by atoms with Gasteiger partial charge in [-0.1, -0.05) is 12.1 Å². The summed E-state index contributed by atoms with van der Waals surface area (Å²) in [6.07, 6.45) is 10.9. The molecular formula is C30H30N8O2S. The molecule has 6 heterocycles. The molecule has 41 heavy (non-hydrogen) atoms. The van der Waals surface area contributed by atoms with E-state index in [1.807, 2.05) is 49.8 Å². The number of nitrogens with zero attached hydrogens (tertiary/aromatic N) is 7. The summed E-state index contributed by atoms with van der Waals surface area (Å²) < 4.78 is 25.7. The molecule has 3 aliphatic rings. The standard InChI is InChI=1S/C30H30N8O2S/c1-36-17-24(15-35-36)22-9-28(30(34-14-22)23(11-31)12-32)21-6-7-29(33-13-21)37-18-25-10-26(19-37)38(25)16-20-4-3-5-27(8-20)41(2,39)40/h3-9,11,13-15,17,25-26H,10,16,18-19,31H2,1-2H3. The molecule has 0 spiro atoms. The first kappa shape index (κ1) is 26.7. The molecule has 3 saturated heterocycles. The fourth-order valence-corrected chi connectivity index (χ4v) is 6.44.